The van der Waals surface area contributed by atoms with Crippen molar-refractivity contribution in [3.8, 4) is 0 Å². The van der Waals surface area contributed by atoms with Crippen LogP contribution in [0.25, 0.3) is 0 Å². The number of hydrazone groups is 1. The van der Waals surface area contributed by atoms with E-state index in [0.717, 1.165) is 5.70 Å². The van der Waals surface area contributed by atoms with E-state index in [4.69, 9.17) is 0 Å². The van der Waals surface area contributed by atoms with E-state index in [1.54, 1.807) is 18.3 Å². The Morgan fingerprint density at radius 3 is 3.30 bits per heavy atom. The Kier molecular flexibility index (Phi) is 1.20. The van der Waals surface area contributed by atoms with Gasteiger partial charge >= 0.3 is 0 Å². The first-order valence-corrected chi connectivity index (χ1v) is 3.73. The fourth-order valence-electron chi connectivity index (χ4n) is 0.864. The summed E-state index contributed by atoms with van der Waals surface area (Å²) in [5.74, 6) is 0. The molecule has 0 spiro atoms. The van der Waals surface area contributed by atoms with E-state index in [0.29, 0.717) is 0 Å². The van der Waals surface area contributed by atoms with Crippen molar-refractivity contribution in [2.45, 2.75) is 0 Å². The molecule has 52 valence electrons. The first-order valence-electron chi connectivity index (χ1n) is 3.00. The van der Waals surface area contributed by atoms with Gasteiger partial charge in [-0.05, 0) is 12.2 Å². The van der Waals surface area contributed by atoms with Crippen LogP contribution in [0.5, 0.6) is 0 Å². The van der Waals surface area contributed by atoms with Crippen LogP contribution in [-0.2, 0) is 0 Å². The largest absolute Gasteiger partial charge is 0.305 e. The third-order valence-electron chi connectivity index (χ3n) is 1.27. The van der Waals surface area contributed by atoms with Crippen molar-refractivity contribution in [1.29, 1.82) is 0 Å². The van der Waals surface area contributed by atoms with Gasteiger partial charge in [-0.25, -0.2) is 0 Å². The summed E-state index contributed by atoms with van der Waals surface area (Å²) in [4.78, 5) is 0. The third kappa shape index (κ3) is 0.806. The van der Waals surface area contributed by atoms with Crippen LogP contribution in [0.1, 0.15) is 0 Å². The number of nitrogens with zero attached hydrogens (tertiary/aromatic N) is 3. The lowest BCUT2D eigenvalue weighted by molar-refractivity contribution is 0.646. The van der Waals surface area contributed by atoms with Gasteiger partial charge in [0.1, 0.15) is 0 Å². The maximum atomic E-state index is 4.12. The molecule has 0 saturated heterocycles. The Hall–Kier alpha value is -0.900. The molecule has 2 aliphatic heterocycles. The Morgan fingerprint density at radius 1 is 1.60 bits per heavy atom. The number of hydrogen-bond donors (Lipinski definition) is 0. The molecule has 2 heterocycles. The van der Waals surface area contributed by atoms with Gasteiger partial charge in [0.25, 0.3) is 0 Å². The maximum absolute atomic E-state index is 4.12. The normalized spacial score (nSPS) is 21.5. The highest BCUT2D eigenvalue weighted by Gasteiger charge is 2.17. The molecule has 0 N–H and O–H groups in total. The van der Waals surface area contributed by atoms with Crippen molar-refractivity contribution < 1.29 is 0 Å². The Balaban J connectivity index is 2.29. The predicted octanol–water partition coefficient (Wildman–Crippen LogP) is 1.19. The van der Waals surface area contributed by atoms with Crippen LogP contribution in [0.4, 0.5) is 0 Å². The molecular formula is C6H7N3S. The van der Waals surface area contributed by atoms with Gasteiger partial charge in [0.05, 0.1) is 17.8 Å². The number of fused-ring (bicyclic) bond motifs is 1. The highest BCUT2D eigenvalue weighted by Crippen LogP contribution is 2.30. The van der Waals surface area contributed by atoms with E-state index in [-0.39, 0.29) is 0 Å². The number of allylic oxidation sites excluding steroid dienone is 2. The van der Waals surface area contributed by atoms with Gasteiger partial charge in [-0.3, -0.25) is 0 Å². The molecule has 10 heavy (non-hydrogen) atoms. The van der Waals surface area contributed by atoms with Crippen molar-refractivity contribution in [2.24, 2.45) is 5.10 Å². The van der Waals surface area contributed by atoms with Gasteiger partial charge in [-0.1, -0.05) is 0 Å². The zero-order chi connectivity index (χ0) is 6.97. The van der Waals surface area contributed by atoms with Gasteiger partial charge in [0, 0.05) is 19.5 Å². The molecule has 4 heteroatoms. The van der Waals surface area contributed by atoms with Crippen LogP contribution in [-0.4, -0.2) is 22.0 Å². The summed E-state index contributed by atoms with van der Waals surface area (Å²) in [5, 5.41) is 4.12. The number of rotatable bonds is 0. The van der Waals surface area contributed by atoms with E-state index in [1.165, 1.54) is 0 Å². The molecule has 0 aliphatic carbocycles. The average molecular weight is 153 g/mol. The lowest BCUT2D eigenvalue weighted by Crippen LogP contribution is -2.05. The summed E-state index contributed by atoms with van der Waals surface area (Å²) < 4.78 is 3.89. The fraction of sp³-hybridized carbons (Fsp3) is 0.167. The zero-order valence-electron chi connectivity index (χ0n) is 5.56. The van der Waals surface area contributed by atoms with Crippen molar-refractivity contribution in [1.82, 2.24) is 8.72 Å². The highest BCUT2D eigenvalue weighted by molar-refractivity contribution is 7.95. The maximum Gasteiger partial charge on any atom is 0.0936 e. The van der Waals surface area contributed by atoms with Gasteiger partial charge in [-0.15, -0.1) is 0 Å². The molecule has 2 aliphatic rings. The second-order valence-electron chi connectivity index (χ2n) is 2.08. The van der Waals surface area contributed by atoms with Crippen LogP contribution >= 0.6 is 12.1 Å². The lowest BCUT2D eigenvalue weighted by atomic mass is 10.4. The minimum absolute atomic E-state index is 1.13. The van der Waals surface area contributed by atoms with Crippen LogP contribution in [0.3, 0.4) is 0 Å². The molecule has 0 saturated carbocycles. The Morgan fingerprint density at radius 2 is 2.50 bits per heavy atom. The van der Waals surface area contributed by atoms with Crippen molar-refractivity contribution in [2.75, 3.05) is 7.05 Å². The molecule has 0 radical (unpaired) electrons. The van der Waals surface area contributed by atoms with Crippen LogP contribution in [0, 0.1) is 0 Å². The molecule has 0 aromatic carbocycles. The highest BCUT2D eigenvalue weighted by atomic mass is 32.2. The molecule has 0 amide bonds. The Bertz CT molecular complexity index is 231. The zero-order valence-corrected chi connectivity index (χ0v) is 6.38. The van der Waals surface area contributed by atoms with Crippen LogP contribution < -0.4 is 0 Å². The predicted molar refractivity (Wildman–Crippen MR) is 42.9 cm³/mol. The van der Waals surface area contributed by atoms with Crippen molar-refractivity contribution in [3.05, 3.63) is 24.0 Å². The summed E-state index contributed by atoms with van der Waals surface area (Å²) in [6.07, 6.45) is 7.78. The minimum Gasteiger partial charge on any atom is -0.305 e. The van der Waals surface area contributed by atoms with E-state index in [9.17, 15) is 0 Å². The van der Waals surface area contributed by atoms with Crippen molar-refractivity contribution >= 4 is 18.3 Å². The second kappa shape index (κ2) is 2.05. The first-order chi connectivity index (χ1) is 4.86. The van der Waals surface area contributed by atoms with Gasteiger partial charge < -0.3 is 4.31 Å². The van der Waals surface area contributed by atoms with Crippen LogP contribution in [0.2, 0.25) is 0 Å². The van der Waals surface area contributed by atoms with Gasteiger partial charge in [0.15, 0.2) is 0 Å². The smallest absolute Gasteiger partial charge is 0.0936 e. The molecule has 0 aromatic heterocycles. The summed E-state index contributed by atoms with van der Waals surface area (Å²) in [6.45, 7) is 0. The summed E-state index contributed by atoms with van der Waals surface area (Å²) in [5.41, 5.74) is 1.13. The molecule has 0 bridgehead atoms. The quantitative estimate of drug-likeness (QED) is 0.487. The molecule has 3 nitrogen and oxygen atoms in total. The monoisotopic (exact) mass is 153 g/mol. The molecule has 0 fully saturated rings. The molecule has 0 unspecified atom stereocenters. The molecule has 0 atom stereocenters. The molecular weight excluding hydrogens is 146 g/mol. The fourth-order valence-corrected chi connectivity index (χ4v) is 1.56. The summed E-state index contributed by atoms with van der Waals surface area (Å²) in [6, 6.07) is 0. The molecule has 2 rings (SSSR count). The van der Waals surface area contributed by atoms with Gasteiger partial charge in [-0.2, -0.15) is 9.52 Å². The first kappa shape index (κ1) is 5.85. The Labute approximate surface area is 64.0 Å². The SMILES string of the molecule is CN1C=C2C=CC=NN2S1. The lowest BCUT2D eigenvalue weighted by Gasteiger charge is -2.13. The van der Waals surface area contributed by atoms with Crippen LogP contribution in [0.15, 0.2) is 29.2 Å². The van der Waals surface area contributed by atoms with E-state index < -0.39 is 0 Å². The van der Waals surface area contributed by atoms with E-state index in [1.807, 2.05) is 34.1 Å². The van der Waals surface area contributed by atoms with Gasteiger partial charge in [0.2, 0.25) is 0 Å². The summed E-state index contributed by atoms with van der Waals surface area (Å²) in [7, 11) is 2.00. The second-order valence-corrected chi connectivity index (χ2v) is 3.16. The molecule has 0 aromatic rings. The number of hydrogen-bond acceptors (Lipinski definition) is 4. The standard InChI is InChI=1S/C6H7N3S/c1-8-5-6-3-2-4-7-9(6)10-8/h2-5H,1H3. The van der Waals surface area contributed by atoms with Crippen molar-refractivity contribution in [3.63, 3.8) is 0 Å². The third-order valence-corrected chi connectivity index (χ3v) is 2.09. The average Bonchev–Trinajstić information content (AvgIpc) is 2.27. The van der Waals surface area contributed by atoms with E-state index >= 15 is 0 Å². The minimum atomic E-state index is 1.13. The summed E-state index contributed by atoms with van der Waals surface area (Å²) >= 11 is 1.57. The topological polar surface area (TPSA) is 18.8 Å². The van der Waals surface area contributed by atoms with E-state index in [2.05, 4.69) is 5.10 Å².